The van der Waals surface area contributed by atoms with Crippen molar-refractivity contribution < 1.29 is 0 Å². The lowest BCUT2D eigenvalue weighted by Crippen LogP contribution is -2.09. The van der Waals surface area contributed by atoms with Crippen LogP contribution in [0.1, 0.15) is 0 Å². The molecule has 5 nitrogen and oxygen atoms in total. The lowest BCUT2D eigenvalue weighted by Gasteiger charge is -2.14. The molecule has 0 atom stereocenters. The van der Waals surface area contributed by atoms with E-state index in [9.17, 15) is 0 Å². The molecule has 0 aliphatic heterocycles. The average molecular weight is 297 g/mol. The first-order valence-corrected chi connectivity index (χ1v) is 6.93. The maximum atomic E-state index is 5.38. The predicted octanol–water partition coefficient (Wildman–Crippen LogP) is 3.06. The third-order valence-electron chi connectivity index (χ3n) is 3.22. The number of anilines is 1. The smallest absolute Gasteiger partial charge is 0.200 e. The van der Waals surface area contributed by atoms with E-state index in [1.165, 1.54) is 0 Å². The molecule has 2 heterocycles. The molecule has 1 aromatic carbocycles. The van der Waals surface area contributed by atoms with Gasteiger partial charge in [0.05, 0.1) is 5.69 Å². The quantitative estimate of drug-likeness (QED) is 0.755. The molecule has 0 radical (unpaired) electrons. The van der Waals surface area contributed by atoms with Gasteiger partial charge in [-0.25, -0.2) is 0 Å². The van der Waals surface area contributed by atoms with Crippen molar-refractivity contribution in [1.29, 1.82) is 0 Å². The number of aromatic amines is 1. The van der Waals surface area contributed by atoms with E-state index < -0.39 is 0 Å². The third-order valence-corrected chi connectivity index (χ3v) is 3.49. The highest BCUT2D eigenvalue weighted by Crippen LogP contribution is 2.23. The molecule has 3 aromatic rings. The minimum Gasteiger partial charge on any atom is -0.378 e. The molecule has 6 heteroatoms. The largest absolute Gasteiger partial charge is 0.378 e. The summed E-state index contributed by atoms with van der Waals surface area (Å²) < 4.78 is 2.50. The molecule has 0 aliphatic rings. The zero-order chi connectivity index (χ0) is 14.8. The minimum absolute atomic E-state index is 0.567. The Morgan fingerprint density at radius 1 is 1.14 bits per heavy atom. The van der Waals surface area contributed by atoms with Crippen molar-refractivity contribution in [1.82, 2.24) is 19.7 Å². The molecule has 1 N–H and O–H groups in total. The van der Waals surface area contributed by atoms with Crippen LogP contribution in [-0.2, 0) is 0 Å². The maximum Gasteiger partial charge on any atom is 0.200 e. The zero-order valence-electron chi connectivity index (χ0n) is 11.8. The van der Waals surface area contributed by atoms with E-state index in [2.05, 4.69) is 32.2 Å². The van der Waals surface area contributed by atoms with E-state index in [0.29, 0.717) is 4.77 Å². The summed E-state index contributed by atoms with van der Waals surface area (Å²) in [5, 5.41) is 7.21. The Labute approximate surface area is 127 Å². The van der Waals surface area contributed by atoms with Crippen LogP contribution in [0.25, 0.3) is 17.1 Å². The summed E-state index contributed by atoms with van der Waals surface area (Å²) in [6, 6.07) is 12.0. The van der Waals surface area contributed by atoms with Crippen LogP contribution in [0.2, 0.25) is 0 Å². The van der Waals surface area contributed by atoms with Crippen LogP contribution in [-0.4, -0.2) is 33.8 Å². The van der Waals surface area contributed by atoms with Gasteiger partial charge >= 0.3 is 0 Å². The Hall–Kier alpha value is -2.47. The number of pyridine rings is 1. The first kappa shape index (κ1) is 13.5. The van der Waals surface area contributed by atoms with Crippen LogP contribution in [0.4, 0.5) is 5.69 Å². The number of benzene rings is 1. The van der Waals surface area contributed by atoms with E-state index in [0.717, 1.165) is 22.8 Å². The molecule has 0 spiro atoms. The number of aromatic nitrogens is 4. The molecular formula is C15H15N5S. The second kappa shape index (κ2) is 5.49. The van der Waals surface area contributed by atoms with Crippen LogP contribution >= 0.6 is 12.2 Å². The Balaban J connectivity index is 2.18. The zero-order valence-corrected chi connectivity index (χ0v) is 12.6. The van der Waals surface area contributed by atoms with Gasteiger partial charge in [-0.1, -0.05) is 6.07 Å². The number of hydrogen-bond donors (Lipinski definition) is 1. The Morgan fingerprint density at radius 3 is 2.62 bits per heavy atom. The molecule has 3 rings (SSSR count). The normalized spacial score (nSPS) is 10.6. The molecule has 0 aliphatic carbocycles. The topological polar surface area (TPSA) is 49.7 Å². The van der Waals surface area contributed by atoms with E-state index in [4.69, 9.17) is 12.2 Å². The van der Waals surface area contributed by atoms with Crippen LogP contribution in [0.3, 0.4) is 0 Å². The maximum absolute atomic E-state index is 5.38. The van der Waals surface area contributed by atoms with Crippen molar-refractivity contribution in [3.05, 3.63) is 53.6 Å². The van der Waals surface area contributed by atoms with Crippen molar-refractivity contribution in [2.24, 2.45) is 0 Å². The Morgan fingerprint density at radius 2 is 1.90 bits per heavy atom. The lowest BCUT2D eigenvalue weighted by molar-refractivity contribution is 1.03. The van der Waals surface area contributed by atoms with Gasteiger partial charge in [0, 0.05) is 37.7 Å². The fraction of sp³-hybridized carbons (Fsp3) is 0.133. The number of rotatable bonds is 3. The highest BCUT2D eigenvalue weighted by atomic mass is 32.1. The van der Waals surface area contributed by atoms with Gasteiger partial charge < -0.3 is 4.90 Å². The van der Waals surface area contributed by atoms with Crippen molar-refractivity contribution in [2.45, 2.75) is 0 Å². The summed E-state index contributed by atoms with van der Waals surface area (Å²) in [5.41, 5.74) is 3.05. The summed E-state index contributed by atoms with van der Waals surface area (Å²) in [7, 11) is 4.02. The lowest BCUT2D eigenvalue weighted by atomic mass is 10.2. The summed E-state index contributed by atoms with van der Waals surface area (Å²) in [6.07, 6.45) is 3.49. The number of nitrogens with zero attached hydrogens (tertiary/aromatic N) is 4. The summed E-state index contributed by atoms with van der Waals surface area (Å²) in [6.45, 7) is 0. The molecule has 0 saturated heterocycles. The van der Waals surface area contributed by atoms with E-state index in [1.54, 1.807) is 12.4 Å². The molecule has 21 heavy (non-hydrogen) atoms. The van der Waals surface area contributed by atoms with Crippen molar-refractivity contribution >= 4 is 17.9 Å². The Kier molecular flexibility index (Phi) is 3.53. The van der Waals surface area contributed by atoms with E-state index in [1.807, 2.05) is 42.9 Å². The van der Waals surface area contributed by atoms with Gasteiger partial charge in [-0.05, 0) is 42.5 Å². The monoisotopic (exact) mass is 297 g/mol. The standard InChI is InChI=1S/C15H15N5S/c1-19(2)12-4-3-5-13(10-12)20-14(17-18-15(20)21)11-6-8-16-9-7-11/h3-10H,1-2H3,(H,18,21). The fourth-order valence-corrected chi connectivity index (χ4v) is 2.38. The SMILES string of the molecule is CN(C)c1cccc(-n2c(-c3ccncc3)n[nH]c2=S)c1. The molecule has 0 amide bonds. The van der Waals surface area contributed by atoms with Gasteiger partial charge in [0.1, 0.15) is 0 Å². The molecule has 0 fully saturated rings. The Bertz CT molecular complexity index is 804. The van der Waals surface area contributed by atoms with Crippen LogP contribution < -0.4 is 4.90 Å². The minimum atomic E-state index is 0.567. The molecular weight excluding hydrogens is 282 g/mol. The number of H-pyrrole nitrogens is 1. The molecule has 0 unspecified atom stereocenters. The molecule has 2 aromatic heterocycles. The third kappa shape index (κ3) is 2.57. The van der Waals surface area contributed by atoms with Gasteiger partial charge in [0.25, 0.3) is 0 Å². The van der Waals surface area contributed by atoms with Gasteiger partial charge in [-0.15, -0.1) is 0 Å². The molecule has 0 saturated carbocycles. The number of nitrogens with one attached hydrogen (secondary N) is 1. The van der Waals surface area contributed by atoms with Gasteiger partial charge in [0.2, 0.25) is 0 Å². The fourth-order valence-electron chi connectivity index (χ4n) is 2.14. The van der Waals surface area contributed by atoms with Crippen LogP contribution in [0.15, 0.2) is 48.8 Å². The second-order valence-electron chi connectivity index (χ2n) is 4.84. The van der Waals surface area contributed by atoms with Crippen LogP contribution in [0.5, 0.6) is 0 Å². The highest BCUT2D eigenvalue weighted by molar-refractivity contribution is 7.71. The van der Waals surface area contributed by atoms with Gasteiger partial charge in [0.15, 0.2) is 10.6 Å². The van der Waals surface area contributed by atoms with Gasteiger partial charge in [-0.3, -0.25) is 14.6 Å². The van der Waals surface area contributed by atoms with E-state index >= 15 is 0 Å². The van der Waals surface area contributed by atoms with Crippen molar-refractivity contribution in [3.63, 3.8) is 0 Å². The van der Waals surface area contributed by atoms with Crippen molar-refractivity contribution in [3.8, 4) is 17.1 Å². The first-order valence-electron chi connectivity index (χ1n) is 6.52. The summed E-state index contributed by atoms with van der Waals surface area (Å²) in [4.78, 5) is 6.09. The van der Waals surface area contributed by atoms with Crippen LogP contribution in [0, 0.1) is 4.77 Å². The van der Waals surface area contributed by atoms with Gasteiger partial charge in [-0.2, -0.15) is 5.10 Å². The predicted molar refractivity (Wildman–Crippen MR) is 86.3 cm³/mol. The summed E-state index contributed by atoms with van der Waals surface area (Å²) in [5.74, 6) is 0.776. The van der Waals surface area contributed by atoms with Crippen molar-refractivity contribution in [2.75, 3.05) is 19.0 Å². The second-order valence-corrected chi connectivity index (χ2v) is 5.22. The van der Waals surface area contributed by atoms with E-state index in [-0.39, 0.29) is 0 Å². The first-order chi connectivity index (χ1) is 10.2. The average Bonchev–Trinajstić information content (AvgIpc) is 2.90. The number of hydrogen-bond acceptors (Lipinski definition) is 4. The summed E-state index contributed by atoms with van der Waals surface area (Å²) >= 11 is 5.38. The molecule has 0 bridgehead atoms. The molecule has 106 valence electrons. The highest BCUT2D eigenvalue weighted by Gasteiger charge is 2.11.